The van der Waals surface area contributed by atoms with Crippen LogP contribution >= 0.6 is 15.9 Å². The fraction of sp³-hybridized carbons (Fsp3) is 0.615. The van der Waals surface area contributed by atoms with Gasteiger partial charge in [0, 0.05) is 23.8 Å². The summed E-state index contributed by atoms with van der Waals surface area (Å²) in [5.74, 6) is 0.907. The SMILES string of the molecule is CC1CCC(N(C)C(=O)c2cc(Br)c[nH]2)CC1. The summed E-state index contributed by atoms with van der Waals surface area (Å²) in [7, 11) is 1.91. The lowest BCUT2D eigenvalue weighted by Gasteiger charge is -2.33. The number of nitrogens with one attached hydrogen (secondary N) is 1. The summed E-state index contributed by atoms with van der Waals surface area (Å²) in [4.78, 5) is 17.1. The topological polar surface area (TPSA) is 36.1 Å². The number of carbonyl (C=O) groups excluding carboxylic acids is 1. The van der Waals surface area contributed by atoms with Crippen molar-refractivity contribution in [1.29, 1.82) is 0 Å². The number of hydrogen-bond acceptors (Lipinski definition) is 1. The highest BCUT2D eigenvalue weighted by molar-refractivity contribution is 9.10. The van der Waals surface area contributed by atoms with E-state index in [1.807, 2.05) is 18.0 Å². The largest absolute Gasteiger partial charge is 0.356 e. The van der Waals surface area contributed by atoms with Gasteiger partial charge in [-0.3, -0.25) is 4.79 Å². The van der Waals surface area contributed by atoms with Crippen molar-refractivity contribution in [2.24, 2.45) is 5.92 Å². The van der Waals surface area contributed by atoms with Crippen LogP contribution in [0, 0.1) is 5.92 Å². The molecule has 0 spiro atoms. The highest BCUT2D eigenvalue weighted by Gasteiger charge is 2.25. The van der Waals surface area contributed by atoms with Gasteiger partial charge < -0.3 is 9.88 Å². The van der Waals surface area contributed by atoms with Crippen molar-refractivity contribution in [2.45, 2.75) is 38.6 Å². The quantitative estimate of drug-likeness (QED) is 0.892. The van der Waals surface area contributed by atoms with Crippen LogP contribution in [-0.4, -0.2) is 28.9 Å². The Labute approximate surface area is 111 Å². The first-order chi connectivity index (χ1) is 8.08. The molecule has 1 aliphatic rings. The molecule has 0 saturated heterocycles. The van der Waals surface area contributed by atoms with E-state index in [1.54, 1.807) is 6.20 Å². The van der Waals surface area contributed by atoms with Gasteiger partial charge in [0.25, 0.3) is 5.91 Å². The first-order valence-corrected chi connectivity index (χ1v) is 6.98. The number of nitrogens with zero attached hydrogens (tertiary/aromatic N) is 1. The zero-order valence-electron chi connectivity index (χ0n) is 10.4. The molecule has 1 fully saturated rings. The average Bonchev–Trinajstić information content (AvgIpc) is 2.75. The van der Waals surface area contributed by atoms with Gasteiger partial charge >= 0.3 is 0 Å². The van der Waals surface area contributed by atoms with Crippen molar-refractivity contribution >= 4 is 21.8 Å². The second-order valence-corrected chi connectivity index (χ2v) is 5.98. The molecule has 1 aliphatic carbocycles. The number of halogens is 1. The van der Waals surface area contributed by atoms with Crippen molar-refractivity contribution in [2.75, 3.05) is 7.05 Å². The van der Waals surface area contributed by atoms with Gasteiger partial charge in [-0.1, -0.05) is 6.92 Å². The molecule has 3 nitrogen and oxygen atoms in total. The monoisotopic (exact) mass is 298 g/mol. The van der Waals surface area contributed by atoms with Crippen molar-refractivity contribution in [1.82, 2.24) is 9.88 Å². The molecule has 2 rings (SSSR count). The highest BCUT2D eigenvalue weighted by Crippen LogP contribution is 2.27. The third-order valence-electron chi connectivity index (χ3n) is 3.73. The zero-order chi connectivity index (χ0) is 12.4. The molecule has 0 bridgehead atoms. The Morgan fingerprint density at radius 1 is 1.41 bits per heavy atom. The predicted molar refractivity (Wildman–Crippen MR) is 72.0 cm³/mol. The van der Waals surface area contributed by atoms with Crippen LogP contribution in [-0.2, 0) is 0 Å². The third-order valence-corrected chi connectivity index (χ3v) is 4.19. The number of aromatic amines is 1. The molecule has 0 aliphatic heterocycles. The van der Waals surface area contributed by atoms with Gasteiger partial charge in [-0.15, -0.1) is 0 Å². The van der Waals surface area contributed by atoms with E-state index in [9.17, 15) is 4.79 Å². The van der Waals surface area contributed by atoms with Crippen LogP contribution in [0.1, 0.15) is 43.1 Å². The number of rotatable bonds is 2. The molecular weight excluding hydrogens is 280 g/mol. The third kappa shape index (κ3) is 2.92. The molecule has 17 heavy (non-hydrogen) atoms. The fourth-order valence-corrected chi connectivity index (χ4v) is 2.82. The van der Waals surface area contributed by atoms with Crippen LogP contribution in [0.15, 0.2) is 16.7 Å². The second-order valence-electron chi connectivity index (χ2n) is 5.06. The van der Waals surface area contributed by atoms with Gasteiger partial charge in [0.05, 0.1) is 0 Å². The van der Waals surface area contributed by atoms with Crippen LogP contribution in [0.4, 0.5) is 0 Å². The fourth-order valence-electron chi connectivity index (χ4n) is 2.48. The lowest BCUT2D eigenvalue weighted by molar-refractivity contribution is 0.0674. The number of H-pyrrole nitrogens is 1. The van der Waals surface area contributed by atoms with E-state index < -0.39 is 0 Å². The Hall–Kier alpha value is -0.770. The molecule has 0 atom stereocenters. The van der Waals surface area contributed by atoms with Crippen LogP contribution in [0.25, 0.3) is 0 Å². The maximum Gasteiger partial charge on any atom is 0.270 e. The Balaban J connectivity index is 2.00. The van der Waals surface area contributed by atoms with Crippen molar-refractivity contribution < 1.29 is 4.79 Å². The molecule has 0 aromatic carbocycles. The van der Waals surface area contributed by atoms with Gasteiger partial charge in [-0.2, -0.15) is 0 Å². The Bertz CT molecular complexity index is 394. The standard InChI is InChI=1S/C13H19BrN2O/c1-9-3-5-11(6-4-9)16(2)13(17)12-7-10(14)8-15-12/h7-9,11,15H,3-6H2,1-2H3. The maximum absolute atomic E-state index is 12.2. The van der Waals surface area contributed by atoms with Crippen LogP contribution in [0.2, 0.25) is 0 Å². The summed E-state index contributed by atoms with van der Waals surface area (Å²) in [5.41, 5.74) is 0.665. The lowest BCUT2D eigenvalue weighted by atomic mass is 9.86. The van der Waals surface area contributed by atoms with Crippen LogP contribution < -0.4 is 0 Å². The molecule has 1 aromatic heterocycles. The van der Waals surface area contributed by atoms with E-state index in [2.05, 4.69) is 27.8 Å². The summed E-state index contributed by atoms with van der Waals surface area (Å²) in [5, 5.41) is 0. The van der Waals surface area contributed by atoms with Gasteiger partial charge in [-0.25, -0.2) is 0 Å². The summed E-state index contributed by atoms with van der Waals surface area (Å²) in [6, 6.07) is 2.24. The molecule has 0 radical (unpaired) electrons. The summed E-state index contributed by atoms with van der Waals surface area (Å²) < 4.78 is 0.923. The summed E-state index contributed by atoms with van der Waals surface area (Å²) >= 11 is 3.35. The van der Waals surface area contributed by atoms with E-state index >= 15 is 0 Å². The van der Waals surface area contributed by atoms with E-state index in [-0.39, 0.29) is 5.91 Å². The first kappa shape index (κ1) is 12.7. The Kier molecular flexibility index (Phi) is 3.92. The lowest BCUT2D eigenvalue weighted by Crippen LogP contribution is -2.39. The molecular formula is C13H19BrN2O. The molecule has 0 unspecified atom stereocenters. The number of hydrogen-bond donors (Lipinski definition) is 1. The molecule has 1 N–H and O–H groups in total. The molecule has 1 saturated carbocycles. The first-order valence-electron chi connectivity index (χ1n) is 6.19. The van der Waals surface area contributed by atoms with Gasteiger partial charge in [0.1, 0.15) is 5.69 Å². The molecule has 1 aromatic rings. The van der Waals surface area contributed by atoms with Crippen LogP contribution in [0.3, 0.4) is 0 Å². The molecule has 94 valence electrons. The number of amides is 1. The summed E-state index contributed by atoms with van der Waals surface area (Å²) in [6.45, 7) is 2.29. The Morgan fingerprint density at radius 3 is 2.59 bits per heavy atom. The second kappa shape index (κ2) is 5.25. The van der Waals surface area contributed by atoms with E-state index in [1.165, 1.54) is 12.8 Å². The molecule has 4 heteroatoms. The molecule has 1 heterocycles. The van der Waals surface area contributed by atoms with Crippen LogP contribution in [0.5, 0.6) is 0 Å². The van der Waals surface area contributed by atoms with Crippen molar-refractivity contribution in [3.05, 3.63) is 22.4 Å². The van der Waals surface area contributed by atoms with Crippen molar-refractivity contribution in [3.8, 4) is 0 Å². The molecule has 1 amide bonds. The maximum atomic E-state index is 12.2. The minimum Gasteiger partial charge on any atom is -0.356 e. The highest BCUT2D eigenvalue weighted by atomic mass is 79.9. The average molecular weight is 299 g/mol. The number of carbonyl (C=O) groups is 1. The normalized spacial score (nSPS) is 24.6. The van der Waals surface area contributed by atoms with Gasteiger partial charge in [-0.05, 0) is 53.6 Å². The Morgan fingerprint density at radius 2 is 2.06 bits per heavy atom. The smallest absolute Gasteiger partial charge is 0.270 e. The van der Waals surface area contributed by atoms with E-state index in [4.69, 9.17) is 0 Å². The number of aromatic nitrogens is 1. The minimum atomic E-state index is 0.0928. The van der Waals surface area contributed by atoms with Gasteiger partial charge in [0.2, 0.25) is 0 Å². The van der Waals surface area contributed by atoms with Crippen molar-refractivity contribution in [3.63, 3.8) is 0 Å². The van der Waals surface area contributed by atoms with E-state index in [0.717, 1.165) is 23.2 Å². The van der Waals surface area contributed by atoms with E-state index in [0.29, 0.717) is 11.7 Å². The minimum absolute atomic E-state index is 0.0928. The summed E-state index contributed by atoms with van der Waals surface area (Å²) in [6.07, 6.45) is 6.52. The zero-order valence-corrected chi connectivity index (χ0v) is 12.0. The van der Waals surface area contributed by atoms with Gasteiger partial charge in [0.15, 0.2) is 0 Å². The predicted octanol–water partition coefficient (Wildman–Crippen LogP) is 3.43.